The van der Waals surface area contributed by atoms with Crippen LogP contribution in [0.2, 0.25) is 0 Å². The van der Waals surface area contributed by atoms with E-state index in [1.807, 2.05) is 30.5 Å². The fourth-order valence-electron chi connectivity index (χ4n) is 6.09. The summed E-state index contributed by atoms with van der Waals surface area (Å²) in [6.07, 6.45) is 8.01. The van der Waals surface area contributed by atoms with E-state index in [4.69, 9.17) is 4.98 Å². The maximum Gasteiger partial charge on any atom is 0.254 e. The van der Waals surface area contributed by atoms with Gasteiger partial charge in [0.15, 0.2) is 0 Å². The maximum absolute atomic E-state index is 13.9. The fourth-order valence-corrected chi connectivity index (χ4v) is 6.09. The van der Waals surface area contributed by atoms with Crippen LogP contribution in [-0.4, -0.2) is 45.5 Å². The molecule has 1 atom stereocenters. The Morgan fingerprint density at radius 3 is 2.62 bits per heavy atom. The summed E-state index contributed by atoms with van der Waals surface area (Å²) in [6.45, 7) is 5.18. The standard InChI is InChI=1S/C34H36N4O/c1-2-3-17-34(23-32-35-18-20-37(32)24-26-15-16-27-9-4-5-11-29(27)22-26)25-38(21-19-36-34)33(39)31-14-8-12-28-10-6-7-13-30(28)31/h4-16,18,20,22,36H,2-3,17,19,21,23-25H2,1H3. The molecular formula is C34H36N4O. The largest absolute Gasteiger partial charge is 0.335 e. The zero-order valence-corrected chi connectivity index (χ0v) is 22.6. The molecule has 1 aliphatic rings. The molecule has 5 nitrogen and oxygen atoms in total. The van der Waals surface area contributed by atoms with E-state index in [0.29, 0.717) is 13.1 Å². The molecule has 1 N–H and O–H groups in total. The Bertz CT molecular complexity index is 1600. The molecule has 6 rings (SSSR count). The lowest BCUT2D eigenvalue weighted by molar-refractivity contribution is 0.0600. The summed E-state index contributed by atoms with van der Waals surface area (Å²) in [5.41, 5.74) is 1.85. The van der Waals surface area contributed by atoms with Crippen LogP contribution in [0, 0.1) is 0 Å². The molecule has 1 saturated heterocycles. The van der Waals surface area contributed by atoms with Crippen molar-refractivity contribution in [1.82, 2.24) is 19.8 Å². The molecule has 39 heavy (non-hydrogen) atoms. The number of hydrogen-bond donors (Lipinski definition) is 1. The number of carbonyl (C=O) groups excluding carboxylic acids is 1. The third-order valence-corrected chi connectivity index (χ3v) is 8.16. The minimum absolute atomic E-state index is 0.119. The molecule has 0 radical (unpaired) electrons. The van der Waals surface area contributed by atoms with Crippen LogP contribution in [0.5, 0.6) is 0 Å². The smallest absolute Gasteiger partial charge is 0.254 e. The first-order valence-corrected chi connectivity index (χ1v) is 14.1. The first kappa shape index (κ1) is 25.3. The second-order valence-electron chi connectivity index (χ2n) is 10.9. The predicted octanol–water partition coefficient (Wildman–Crippen LogP) is 6.45. The Morgan fingerprint density at radius 1 is 0.949 bits per heavy atom. The summed E-state index contributed by atoms with van der Waals surface area (Å²) in [5, 5.41) is 8.49. The van der Waals surface area contributed by atoms with Crippen LogP contribution in [0.25, 0.3) is 21.5 Å². The first-order chi connectivity index (χ1) is 19.1. The molecule has 5 heteroatoms. The molecule has 4 aromatic carbocycles. The predicted molar refractivity (Wildman–Crippen MR) is 159 cm³/mol. The maximum atomic E-state index is 13.9. The van der Waals surface area contributed by atoms with E-state index in [9.17, 15) is 4.79 Å². The molecule has 2 heterocycles. The highest BCUT2D eigenvalue weighted by Gasteiger charge is 2.38. The average Bonchev–Trinajstić information content (AvgIpc) is 3.41. The number of piperazine rings is 1. The summed E-state index contributed by atoms with van der Waals surface area (Å²) in [7, 11) is 0. The number of rotatable bonds is 8. The van der Waals surface area contributed by atoms with Gasteiger partial charge in [-0.2, -0.15) is 0 Å². The van der Waals surface area contributed by atoms with Gasteiger partial charge in [0.05, 0.1) is 0 Å². The van der Waals surface area contributed by atoms with Crippen molar-refractivity contribution in [2.75, 3.05) is 19.6 Å². The highest BCUT2D eigenvalue weighted by molar-refractivity contribution is 6.07. The van der Waals surface area contributed by atoms with Crippen LogP contribution < -0.4 is 5.32 Å². The number of hydrogen-bond acceptors (Lipinski definition) is 3. The van der Waals surface area contributed by atoms with Crippen molar-refractivity contribution >= 4 is 27.5 Å². The van der Waals surface area contributed by atoms with Gasteiger partial charge in [0, 0.05) is 56.1 Å². The number of aromatic nitrogens is 2. The Kier molecular flexibility index (Phi) is 7.16. The van der Waals surface area contributed by atoms with Gasteiger partial charge in [-0.1, -0.05) is 92.6 Å². The van der Waals surface area contributed by atoms with Crippen molar-refractivity contribution in [1.29, 1.82) is 0 Å². The van der Waals surface area contributed by atoms with Gasteiger partial charge in [-0.25, -0.2) is 4.98 Å². The molecule has 1 aliphatic heterocycles. The van der Waals surface area contributed by atoms with Crippen molar-refractivity contribution < 1.29 is 4.79 Å². The lowest BCUT2D eigenvalue weighted by atomic mass is 9.86. The van der Waals surface area contributed by atoms with Gasteiger partial charge in [0.25, 0.3) is 5.91 Å². The molecule has 1 aromatic heterocycles. The number of carbonyl (C=O) groups is 1. The SMILES string of the molecule is CCCCC1(Cc2nccn2Cc2ccc3ccccc3c2)CN(C(=O)c2cccc3ccccc23)CCN1. The average molecular weight is 517 g/mol. The van der Waals surface area contributed by atoms with Gasteiger partial charge in [-0.15, -0.1) is 0 Å². The van der Waals surface area contributed by atoms with Crippen molar-refractivity contribution in [3.8, 4) is 0 Å². The topological polar surface area (TPSA) is 50.2 Å². The summed E-state index contributed by atoms with van der Waals surface area (Å²) in [6, 6.07) is 29.4. The van der Waals surface area contributed by atoms with Crippen LogP contribution in [0.15, 0.2) is 97.3 Å². The fraction of sp³-hybridized carbons (Fsp3) is 0.294. The third-order valence-electron chi connectivity index (χ3n) is 8.16. The Labute approximate surface area is 230 Å². The Morgan fingerprint density at radius 2 is 1.74 bits per heavy atom. The van der Waals surface area contributed by atoms with Crippen LogP contribution in [0.3, 0.4) is 0 Å². The van der Waals surface area contributed by atoms with Crippen LogP contribution >= 0.6 is 0 Å². The number of nitrogens with one attached hydrogen (secondary N) is 1. The third kappa shape index (κ3) is 5.32. The van der Waals surface area contributed by atoms with Crippen LogP contribution in [-0.2, 0) is 13.0 Å². The number of amides is 1. The molecule has 198 valence electrons. The van der Waals surface area contributed by atoms with Gasteiger partial charge < -0.3 is 14.8 Å². The van der Waals surface area contributed by atoms with Crippen molar-refractivity contribution in [2.45, 2.75) is 44.7 Å². The van der Waals surface area contributed by atoms with E-state index in [2.05, 4.69) is 88.6 Å². The van der Waals surface area contributed by atoms with E-state index < -0.39 is 0 Å². The Balaban J connectivity index is 1.26. The minimum Gasteiger partial charge on any atom is -0.335 e. The molecule has 1 fully saturated rings. The number of unbranched alkanes of at least 4 members (excludes halogenated alkanes) is 1. The zero-order valence-electron chi connectivity index (χ0n) is 22.6. The van der Waals surface area contributed by atoms with Crippen molar-refractivity contribution in [2.24, 2.45) is 0 Å². The van der Waals surface area contributed by atoms with Crippen LogP contribution in [0.4, 0.5) is 0 Å². The summed E-state index contributed by atoms with van der Waals surface area (Å²) in [4.78, 5) is 20.7. The number of nitrogens with zero attached hydrogens (tertiary/aromatic N) is 3. The van der Waals surface area contributed by atoms with E-state index >= 15 is 0 Å². The molecule has 5 aromatic rings. The second-order valence-corrected chi connectivity index (χ2v) is 10.9. The van der Waals surface area contributed by atoms with Gasteiger partial charge in [0.2, 0.25) is 0 Å². The monoisotopic (exact) mass is 516 g/mol. The molecule has 0 saturated carbocycles. The summed E-state index contributed by atoms with van der Waals surface area (Å²) in [5.74, 6) is 1.18. The van der Waals surface area contributed by atoms with Gasteiger partial charge in [-0.3, -0.25) is 4.79 Å². The highest BCUT2D eigenvalue weighted by Crippen LogP contribution is 2.27. The van der Waals surface area contributed by atoms with E-state index in [1.165, 1.54) is 16.3 Å². The number of imidazole rings is 1. The lowest BCUT2D eigenvalue weighted by Crippen LogP contribution is -2.62. The van der Waals surface area contributed by atoms with E-state index in [0.717, 1.165) is 60.9 Å². The van der Waals surface area contributed by atoms with Crippen molar-refractivity contribution in [3.63, 3.8) is 0 Å². The normalized spacial score (nSPS) is 17.6. The minimum atomic E-state index is -0.207. The number of benzene rings is 4. The quantitative estimate of drug-likeness (QED) is 0.258. The molecule has 0 aliphatic carbocycles. The van der Waals surface area contributed by atoms with Crippen LogP contribution in [0.1, 0.15) is 47.9 Å². The van der Waals surface area contributed by atoms with Gasteiger partial charge in [0.1, 0.15) is 5.82 Å². The van der Waals surface area contributed by atoms with Crippen molar-refractivity contribution in [3.05, 3.63) is 114 Å². The summed E-state index contributed by atoms with van der Waals surface area (Å²) < 4.78 is 2.27. The molecular weight excluding hydrogens is 480 g/mol. The summed E-state index contributed by atoms with van der Waals surface area (Å²) >= 11 is 0. The van der Waals surface area contributed by atoms with E-state index in [-0.39, 0.29) is 11.4 Å². The molecule has 0 spiro atoms. The highest BCUT2D eigenvalue weighted by atomic mass is 16.2. The van der Waals surface area contributed by atoms with E-state index in [1.54, 1.807) is 0 Å². The number of fused-ring (bicyclic) bond motifs is 2. The van der Waals surface area contributed by atoms with Gasteiger partial charge in [-0.05, 0) is 45.7 Å². The Hall–Kier alpha value is -3.96. The second kappa shape index (κ2) is 11.0. The molecule has 1 unspecified atom stereocenters. The first-order valence-electron chi connectivity index (χ1n) is 14.1. The molecule has 0 bridgehead atoms. The van der Waals surface area contributed by atoms with Gasteiger partial charge >= 0.3 is 0 Å². The lowest BCUT2D eigenvalue weighted by Gasteiger charge is -2.44. The zero-order chi connectivity index (χ0) is 26.7. The molecule has 1 amide bonds.